The maximum absolute atomic E-state index is 12.2. The molecule has 2 aromatic carbocycles. The van der Waals surface area contributed by atoms with Crippen molar-refractivity contribution in [3.63, 3.8) is 0 Å². The quantitative estimate of drug-likeness (QED) is 0.686. The van der Waals surface area contributed by atoms with Crippen molar-refractivity contribution in [3.05, 3.63) is 82.9 Å². The third-order valence-corrected chi connectivity index (χ3v) is 4.31. The number of anilines is 1. The minimum absolute atomic E-state index is 0.212. The largest absolute Gasteiger partial charge is 0.322 e. The molecule has 0 radical (unpaired) electrons. The average molecular weight is 352 g/mol. The van der Waals surface area contributed by atoms with Crippen LogP contribution in [0, 0.1) is 13.8 Å². The summed E-state index contributed by atoms with van der Waals surface area (Å²) < 4.78 is 1.99. The molecule has 0 bridgehead atoms. The molecule has 1 amide bonds. The van der Waals surface area contributed by atoms with Gasteiger partial charge >= 0.3 is 0 Å². The van der Waals surface area contributed by atoms with Crippen molar-refractivity contribution in [1.82, 2.24) is 9.55 Å². The standard InChI is InChI=1S/C20H18ClN3O/c1-14-15(2)24(13-22-14)18-8-5-7-17(12-18)23-20(25)11-10-16-6-3-4-9-19(16)21/h3-13H,1-2H3,(H,23,25)/b11-10+. The number of carbonyl (C=O) groups is 1. The molecule has 4 nitrogen and oxygen atoms in total. The van der Waals surface area contributed by atoms with Gasteiger partial charge in [-0.05, 0) is 49.8 Å². The second-order valence-corrected chi connectivity index (χ2v) is 6.09. The summed E-state index contributed by atoms with van der Waals surface area (Å²) in [7, 11) is 0. The van der Waals surface area contributed by atoms with Gasteiger partial charge in [-0.1, -0.05) is 35.9 Å². The molecule has 5 heteroatoms. The van der Waals surface area contributed by atoms with Gasteiger partial charge in [0.15, 0.2) is 0 Å². The lowest BCUT2D eigenvalue weighted by atomic mass is 10.2. The van der Waals surface area contributed by atoms with Crippen LogP contribution in [0.3, 0.4) is 0 Å². The van der Waals surface area contributed by atoms with Gasteiger partial charge in [-0.3, -0.25) is 4.79 Å². The number of imidazole rings is 1. The Morgan fingerprint density at radius 1 is 1.16 bits per heavy atom. The average Bonchev–Trinajstić information content (AvgIpc) is 2.94. The smallest absolute Gasteiger partial charge is 0.248 e. The molecule has 1 N–H and O–H groups in total. The number of amides is 1. The monoisotopic (exact) mass is 351 g/mol. The molecule has 0 aliphatic carbocycles. The van der Waals surface area contributed by atoms with Crippen molar-refractivity contribution in [2.45, 2.75) is 13.8 Å². The summed E-state index contributed by atoms with van der Waals surface area (Å²) >= 11 is 6.08. The van der Waals surface area contributed by atoms with Gasteiger partial charge in [-0.15, -0.1) is 0 Å². The van der Waals surface area contributed by atoms with E-state index in [4.69, 9.17) is 11.6 Å². The molecule has 0 unspecified atom stereocenters. The number of halogens is 1. The van der Waals surface area contributed by atoms with E-state index in [1.54, 1.807) is 18.5 Å². The van der Waals surface area contributed by atoms with Gasteiger partial charge in [0, 0.05) is 28.2 Å². The van der Waals surface area contributed by atoms with E-state index < -0.39 is 0 Å². The summed E-state index contributed by atoms with van der Waals surface area (Å²) in [5, 5.41) is 3.48. The van der Waals surface area contributed by atoms with Crippen LogP contribution in [0.2, 0.25) is 5.02 Å². The van der Waals surface area contributed by atoms with E-state index in [9.17, 15) is 4.79 Å². The van der Waals surface area contributed by atoms with E-state index >= 15 is 0 Å². The van der Waals surface area contributed by atoms with Gasteiger partial charge in [0.1, 0.15) is 0 Å². The highest BCUT2D eigenvalue weighted by Crippen LogP contribution is 2.19. The molecular formula is C20H18ClN3O. The number of aromatic nitrogens is 2. The zero-order valence-electron chi connectivity index (χ0n) is 14.0. The van der Waals surface area contributed by atoms with Crippen LogP contribution in [0.4, 0.5) is 5.69 Å². The highest BCUT2D eigenvalue weighted by molar-refractivity contribution is 6.32. The first kappa shape index (κ1) is 17.0. The van der Waals surface area contributed by atoms with Crippen molar-refractivity contribution < 1.29 is 4.79 Å². The molecule has 0 fully saturated rings. The molecule has 3 aromatic rings. The Morgan fingerprint density at radius 3 is 2.68 bits per heavy atom. The lowest BCUT2D eigenvalue weighted by molar-refractivity contribution is -0.111. The summed E-state index contributed by atoms with van der Waals surface area (Å²) in [4.78, 5) is 16.5. The normalized spacial score (nSPS) is 11.0. The predicted molar refractivity (Wildman–Crippen MR) is 102 cm³/mol. The molecule has 0 aliphatic rings. The second kappa shape index (κ2) is 7.36. The molecular weight excluding hydrogens is 334 g/mol. The molecule has 0 aliphatic heterocycles. The van der Waals surface area contributed by atoms with Crippen LogP contribution in [0.15, 0.2) is 60.9 Å². The van der Waals surface area contributed by atoms with Crippen molar-refractivity contribution in [2.24, 2.45) is 0 Å². The van der Waals surface area contributed by atoms with Crippen LogP contribution in [0.25, 0.3) is 11.8 Å². The van der Waals surface area contributed by atoms with E-state index in [-0.39, 0.29) is 5.91 Å². The van der Waals surface area contributed by atoms with E-state index in [1.807, 2.05) is 60.9 Å². The number of benzene rings is 2. The van der Waals surface area contributed by atoms with Gasteiger partial charge < -0.3 is 9.88 Å². The minimum atomic E-state index is -0.212. The Balaban J connectivity index is 1.75. The third kappa shape index (κ3) is 3.98. The fraction of sp³-hybridized carbons (Fsp3) is 0.100. The number of nitrogens with one attached hydrogen (secondary N) is 1. The van der Waals surface area contributed by atoms with Gasteiger partial charge in [0.2, 0.25) is 5.91 Å². The molecule has 1 aromatic heterocycles. The van der Waals surface area contributed by atoms with Crippen LogP contribution in [-0.4, -0.2) is 15.5 Å². The maximum Gasteiger partial charge on any atom is 0.248 e. The Morgan fingerprint density at radius 2 is 1.96 bits per heavy atom. The first-order valence-electron chi connectivity index (χ1n) is 7.89. The zero-order valence-corrected chi connectivity index (χ0v) is 14.8. The highest BCUT2D eigenvalue weighted by atomic mass is 35.5. The van der Waals surface area contributed by atoms with Gasteiger partial charge in [-0.25, -0.2) is 4.98 Å². The third-order valence-electron chi connectivity index (χ3n) is 3.96. The lowest BCUT2D eigenvalue weighted by Gasteiger charge is -2.08. The van der Waals surface area contributed by atoms with Gasteiger partial charge in [0.05, 0.1) is 12.0 Å². The summed E-state index contributed by atoms with van der Waals surface area (Å²) in [5.41, 5.74) is 4.53. The summed E-state index contributed by atoms with van der Waals surface area (Å²) in [6.45, 7) is 3.98. The van der Waals surface area contributed by atoms with Crippen LogP contribution in [0.1, 0.15) is 17.0 Å². The van der Waals surface area contributed by atoms with Gasteiger partial charge in [-0.2, -0.15) is 0 Å². The fourth-order valence-electron chi connectivity index (χ4n) is 2.45. The molecule has 25 heavy (non-hydrogen) atoms. The maximum atomic E-state index is 12.2. The lowest BCUT2D eigenvalue weighted by Crippen LogP contribution is -2.08. The van der Waals surface area contributed by atoms with E-state index in [0.29, 0.717) is 5.02 Å². The van der Waals surface area contributed by atoms with Crippen LogP contribution < -0.4 is 5.32 Å². The summed E-state index contributed by atoms with van der Waals surface area (Å²) in [6.07, 6.45) is 4.95. The SMILES string of the molecule is Cc1ncn(-c2cccc(NC(=O)/C=C/c3ccccc3Cl)c2)c1C. The van der Waals surface area contributed by atoms with Crippen molar-refractivity contribution in [3.8, 4) is 5.69 Å². The van der Waals surface area contributed by atoms with Crippen molar-refractivity contribution >= 4 is 29.3 Å². The predicted octanol–water partition coefficient (Wildman–Crippen LogP) is 4.79. The van der Waals surface area contributed by atoms with Crippen LogP contribution >= 0.6 is 11.6 Å². The first-order chi connectivity index (χ1) is 12.0. The molecule has 3 rings (SSSR count). The summed E-state index contributed by atoms with van der Waals surface area (Å²) in [5.74, 6) is -0.212. The molecule has 0 atom stereocenters. The van der Waals surface area contributed by atoms with Crippen LogP contribution in [0.5, 0.6) is 0 Å². The Labute approximate surface area is 151 Å². The number of hydrogen-bond acceptors (Lipinski definition) is 2. The fourth-order valence-corrected chi connectivity index (χ4v) is 2.65. The molecule has 0 saturated heterocycles. The van der Waals surface area contributed by atoms with E-state index in [0.717, 1.165) is 28.3 Å². The van der Waals surface area contributed by atoms with Crippen LogP contribution in [-0.2, 0) is 4.79 Å². The molecule has 0 saturated carbocycles. The Kier molecular flexibility index (Phi) is 5.00. The number of hydrogen-bond donors (Lipinski definition) is 1. The molecule has 1 heterocycles. The number of carbonyl (C=O) groups excluding carboxylic acids is 1. The topological polar surface area (TPSA) is 46.9 Å². The van der Waals surface area contributed by atoms with Crippen molar-refractivity contribution in [1.29, 1.82) is 0 Å². The Hall–Kier alpha value is -2.85. The van der Waals surface area contributed by atoms with Crippen molar-refractivity contribution in [2.75, 3.05) is 5.32 Å². The Bertz CT molecular complexity index is 944. The second-order valence-electron chi connectivity index (χ2n) is 5.68. The molecule has 0 spiro atoms. The number of nitrogens with zero attached hydrogens (tertiary/aromatic N) is 2. The minimum Gasteiger partial charge on any atom is -0.322 e. The highest BCUT2D eigenvalue weighted by Gasteiger charge is 2.06. The molecule has 126 valence electrons. The van der Waals surface area contributed by atoms with Gasteiger partial charge in [0.25, 0.3) is 0 Å². The van der Waals surface area contributed by atoms with E-state index in [2.05, 4.69) is 10.3 Å². The number of rotatable bonds is 4. The van der Waals surface area contributed by atoms with E-state index in [1.165, 1.54) is 6.08 Å². The number of aryl methyl sites for hydroxylation is 1. The first-order valence-corrected chi connectivity index (χ1v) is 8.27. The summed E-state index contributed by atoms with van der Waals surface area (Å²) in [6, 6.07) is 15.0. The zero-order chi connectivity index (χ0) is 17.8.